The molecule has 0 bridgehead atoms. The first-order valence-electron chi connectivity index (χ1n) is 10.2. The summed E-state index contributed by atoms with van der Waals surface area (Å²) in [7, 11) is -3.20. The number of likely N-dealkylation sites (tertiary alicyclic amines) is 1. The molecule has 7 heteroatoms. The van der Waals surface area contributed by atoms with Crippen molar-refractivity contribution < 1.29 is 28.2 Å². The van der Waals surface area contributed by atoms with Crippen LogP contribution in [0.2, 0.25) is 0 Å². The zero-order valence-corrected chi connectivity index (χ0v) is 19.9. The maximum absolute atomic E-state index is 12.3. The Balaban J connectivity index is 1.60. The van der Waals surface area contributed by atoms with E-state index in [2.05, 4.69) is 22.8 Å². The zero-order valence-electron chi connectivity index (χ0n) is 16.9. The molecule has 0 saturated carbocycles. The molecule has 2 aliphatic heterocycles. The number of alkyl halides is 1. The van der Waals surface area contributed by atoms with Gasteiger partial charge < -0.3 is 0 Å². The van der Waals surface area contributed by atoms with E-state index in [-0.39, 0.29) is 0 Å². The number of benzene rings is 1. The van der Waals surface area contributed by atoms with E-state index in [0.29, 0.717) is 10.5 Å². The van der Waals surface area contributed by atoms with E-state index < -0.39 is 26.8 Å². The van der Waals surface area contributed by atoms with Crippen LogP contribution in [0.1, 0.15) is 44.6 Å². The summed E-state index contributed by atoms with van der Waals surface area (Å²) in [4.78, 5) is 6.96. The van der Waals surface area contributed by atoms with Gasteiger partial charge in [0, 0.05) is 0 Å². The van der Waals surface area contributed by atoms with E-state index in [0.717, 1.165) is 43.5 Å². The van der Waals surface area contributed by atoms with Gasteiger partial charge in [-0.3, -0.25) is 0 Å². The molecule has 156 valence electrons. The summed E-state index contributed by atoms with van der Waals surface area (Å²) in [6.07, 6.45) is 6.26. The van der Waals surface area contributed by atoms with Gasteiger partial charge in [0.1, 0.15) is 0 Å². The summed E-state index contributed by atoms with van der Waals surface area (Å²) in [6.45, 7) is 7.85. The molecule has 1 aromatic rings. The SMILES string of the molecule is CCC1CCN(CC2CCN(c3cc(C#N)cc(S(=O)(=O)[I-]C)c3)CC2)CC1. The molecular formula is C21H31IN3O2S-. The van der Waals surface area contributed by atoms with Crippen LogP contribution >= 0.6 is 0 Å². The van der Waals surface area contributed by atoms with Crippen molar-refractivity contribution >= 4 is 12.7 Å². The second kappa shape index (κ2) is 9.77. The second-order valence-electron chi connectivity index (χ2n) is 8.00. The standard InChI is InChI=1S/C21H31IN3O2S/c1-3-17-4-8-24(9-5-17)16-18-6-10-25(11-7-18)20-12-19(15-23)13-21(14-20)28(26,27)22-2/h12-14,17-18H,3-11,16H2,1-2H3/q-1. The summed E-state index contributed by atoms with van der Waals surface area (Å²) in [5.74, 6) is 1.64. The van der Waals surface area contributed by atoms with Crippen molar-refractivity contribution in [2.75, 3.05) is 42.6 Å². The first-order valence-corrected chi connectivity index (χ1v) is 16.4. The molecule has 0 unspecified atom stereocenters. The predicted molar refractivity (Wildman–Crippen MR) is 109 cm³/mol. The van der Waals surface area contributed by atoms with E-state index in [9.17, 15) is 13.7 Å². The van der Waals surface area contributed by atoms with Crippen molar-refractivity contribution in [1.82, 2.24) is 4.90 Å². The van der Waals surface area contributed by atoms with Crippen LogP contribution in [0.5, 0.6) is 0 Å². The molecule has 5 nitrogen and oxygen atoms in total. The van der Waals surface area contributed by atoms with Gasteiger partial charge in [0.25, 0.3) is 0 Å². The van der Waals surface area contributed by atoms with Crippen LogP contribution in [0.3, 0.4) is 0 Å². The molecule has 0 amide bonds. The molecule has 0 N–H and O–H groups in total. The first kappa shape index (κ1) is 21.8. The number of hydrogen-bond donors (Lipinski definition) is 0. The fourth-order valence-electron chi connectivity index (χ4n) is 4.38. The first-order chi connectivity index (χ1) is 13.4. The van der Waals surface area contributed by atoms with Gasteiger partial charge in [-0.15, -0.1) is 0 Å². The average molecular weight is 516 g/mol. The van der Waals surface area contributed by atoms with Crippen LogP contribution in [-0.2, 0) is 7.01 Å². The maximum atomic E-state index is 12.3. The monoisotopic (exact) mass is 516 g/mol. The van der Waals surface area contributed by atoms with E-state index >= 15 is 0 Å². The van der Waals surface area contributed by atoms with Crippen LogP contribution in [0.15, 0.2) is 23.1 Å². The quantitative estimate of drug-likeness (QED) is 0.310. The van der Waals surface area contributed by atoms with Crippen LogP contribution < -0.4 is 24.7 Å². The van der Waals surface area contributed by atoms with Gasteiger partial charge in [0.2, 0.25) is 0 Å². The van der Waals surface area contributed by atoms with Crippen LogP contribution in [-0.4, -0.2) is 51.0 Å². The molecular weight excluding hydrogens is 485 g/mol. The third-order valence-corrected chi connectivity index (χ3v) is 12.5. The van der Waals surface area contributed by atoms with Crippen molar-refractivity contribution in [3.63, 3.8) is 0 Å². The van der Waals surface area contributed by atoms with Crippen LogP contribution in [0.4, 0.5) is 5.69 Å². The van der Waals surface area contributed by atoms with Gasteiger partial charge in [0.15, 0.2) is 0 Å². The second-order valence-corrected chi connectivity index (χ2v) is 15.8. The molecule has 0 spiro atoms. The number of anilines is 1. The van der Waals surface area contributed by atoms with E-state index in [4.69, 9.17) is 0 Å². The van der Waals surface area contributed by atoms with Crippen molar-refractivity contribution in [2.24, 2.45) is 11.8 Å². The van der Waals surface area contributed by atoms with Crippen molar-refractivity contribution in [3.8, 4) is 6.07 Å². The molecule has 2 heterocycles. The summed E-state index contributed by atoms with van der Waals surface area (Å²) >= 11 is -0.951. The molecule has 0 aliphatic carbocycles. The number of nitriles is 1. The van der Waals surface area contributed by atoms with Gasteiger partial charge >= 0.3 is 160 Å². The Hall–Kier alpha value is -0.850. The fraction of sp³-hybridized carbons (Fsp3) is 0.667. The molecule has 0 atom stereocenters. The van der Waals surface area contributed by atoms with Crippen molar-refractivity contribution in [2.45, 2.75) is 43.9 Å². The molecule has 1 aromatic carbocycles. The Morgan fingerprint density at radius 3 is 2.29 bits per heavy atom. The number of piperidine rings is 2. The normalized spacial score (nSPS) is 20.4. The average Bonchev–Trinajstić information content (AvgIpc) is 2.74. The molecule has 2 aliphatic rings. The van der Waals surface area contributed by atoms with Crippen molar-refractivity contribution in [1.29, 1.82) is 5.26 Å². The minimum atomic E-state index is -3.20. The Morgan fingerprint density at radius 1 is 1.07 bits per heavy atom. The van der Waals surface area contributed by atoms with Gasteiger partial charge in [-0.1, -0.05) is 13.3 Å². The fourth-order valence-corrected chi connectivity index (χ4v) is 7.37. The van der Waals surface area contributed by atoms with E-state index in [1.807, 2.05) is 6.07 Å². The van der Waals surface area contributed by atoms with Crippen LogP contribution in [0, 0.1) is 23.2 Å². The number of nitrogens with zero attached hydrogens (tertiary/aromatic N) is 3. The molecule has 2 saturated heterocycles. The Bertz CT molecular complexity index is 805. The third kappa shape index (κ3) is 5.39. The number of hydrogen-bond acceptors (Lipinski definition) is 5. The number of halogens is 1. The topological polar surface area (TPSA) is 64.4 Å². The third-order valence-electron chi connectivity index (χ3n) is 6.29. The molecule has 0 aromatic heterocycles. The summed E-state index contributed by atoms with van der Waals surface area (Å²) in [6, 6.07) is 7.26. The molecule has 2 fully saturated rings. The summed E-state index contributed by atoms with van der Waals surface area (Å²) in [5.41, 5.74) is 1.33. The Morgan fingerprint density at radius 2 is 1.71 bits per heavy atom. The summed E-state index contributed by atoms with van der Waals surface area (Å²) < 4.78 is 24.7. The number of rotatable bonds is 6. The van der Waals surface area contributed by atoms with Gasteiger partial charge in [0.05, 0.1) is 0 Å². The molecule has 3 rings (SSSR count). The zero-order chi connectivity index (χ0) is 20.1. The molecule has 0 radical (unpaired) electrons. The predicted octanol–water partition coefficient (Wildman–Crippen LogP) is 0.304. The summed E-state index contributed by atoms with van der Waals surface area (Å²) in [5, 5.41) is 9.32. The van der Waals surface area contributed by atoms with Gasteiger partial charge in [-0.25, -0.2) is 0 Å². The van der Waals surface area contributed by atoms with Crippen LogP contribution in [0.25, 0.3) is 0 Å². The molecule has 28 heavy (non-hydrogen) atoms. The Kier molecular flexibility index (Phi) is 7.62. The minimum absolute atomic E-state index is 0.317. The van der Waals surface area contributed by atoms with Crippen molar-refractivity contribution in [3.05, 3.63) is 23.8 Å². The van der Waals surface area contributed by atoms with Gasteiger partial charge in [-0.2, -0.15) is 0 Å². The Labute approximate surface area is 178 Å². The van der Waals surface area contributed by atoms with E-state index in [1.54, 1.807) is 11.0 Å². The van der Waals surface area contributed by atoms with E-state index in [1.165, 1.54) is 45.0 Å². The van der Waals surface area contributed by atoms with Gasteiger partial charge in [-0.05, 0) is 5.92 Å².